The van der Waals surface area contributed by atoms with E-state index in [1.165, 1.54) is 25.7 Å². The first kappa shape index (κ1) is 15.0. The van der Waals surface area contributed by atoms with Crippen LogP contribution >= 0.6 is 0 Å². The maximum absolute atomic E-state index is 5.43. The molecule has 20 heavy (non-hydrogen) atoms. The number of hydrogen-bond donors (Lipinski definition) is 1. The van der Waals surface area contributed by atoms with Crippen LogP contribution in [0, 0.1) is 5.92 Å². The van der Waals surface area contributed by atoms with Crippen molar-refractivity contribution >= 4 is 0 Å². The number of nitrogens with one attached hydrogen (secondary N) is 1. The zero-order valence-corrected chi connectivity index (χ0v) is 12.7. The molecule has 4 heteroatoms. The van der Waals surface area contributed by atoms with Crippen molar-refractivity contribution < 1.29 is 14.2 Å². The summed E-state index contributed by atoms with van der Waals surface area (Å²) in [6.07, 6.45) is 5.48. The Morgan fingerprint density at radius 1 is 0.950 bits per heavy atom. The highest BCUT2D eigenvalue weighted by Crippen LogP contribution is 2.34. The maximum Gasteiger partial charge on any atom is 0.164 e. The minimum absolute atomic E-state index is 0.698. The summed E-state index contributed by atoms with van der Waals surface area (Å²) in [6.45, 7) is 1.87. The van der Waals surface area contributed by atoms with Crippen molar-refractivity contribution in [2.24, 2.45) is 5.92 Å². The summed E-state index contributed by atoms with van der Waals surface area (Å²) in [5.74, 6) is 3.11. The number of rotatable bonds is 7. The molecule has 0 spiro atoms. The highest BCUT2D eigenvalue weighted by molar-refractivity contribution is 5.50. The van der Waals surface area contributed by atoms with Gasteiger partial charge in [0.15, 0.2) is 11.5 Å². The van der Waals surface area contributed by atoms with E-state index in [1.807, 2.05) is 12.1 Å². The second-order valence-electron chi connectivity index (χ2n) is 5.30. The second kappa shape index (κ2) is 7.39. The van der Waals surface area contributed by atoms with E-state index >= 15 is 0 Å². The molecule has 0 amide bonds. The molecule has 0 saturated heterocycles. The first-order valence-electron chi connectivity index (χ1n) is 7.28. The van der Waals surface area contributed by atoms with E-state index in [9.17, 15) is 0 Å². The van der Waals surface area contributed by atoms with Gasteiger partial charge in [0.05, 0.1) is 21.3 Å². The van der Waals surface area contributed by atoms with Gasteiger partial charge in [-0.1, -0.05) is 12.8 Å². The summed E-state index contributed by atoms with van der Waals surface area (Å²) >= 11 is 0. The molecule has 1 aliphatic carbocycles. The third kappa shape index (κ3) is 3.57. The van der Waals surface area contributed by atoms with Gasteiger partial charge in [-0.2, -0.15) is 0 Å². The van der Waals surface area contributed by atoms with Crippen LogP contribution in [-0.4, -0.2) is 27.9 Å². The Balaban J connectivity index is 2.01. The summed E-state index contributed by atoms with van der Waals surface area (Å²) in [6, 6.07) is 3.87. The lowest BCUT2D eigenvalue weighted by atomic mass is 10.1. The molecule has 4 nitrogen and oxygen atoms in total. The van der Waals surface area contributed by atoms with Crippen molar-refractivity contribution in [2.45, 2.75) is 32.2 Å². The third-order valence-electron chi connectivity index (χ3n) is 4.01. The van der Waals surface area contributed by atoms with Gasteiger partial charge < -0.3 is 19.5 Å². The molecule has 1 aromatic carbocycles. The molecule has 1 saturated carbocycles. The lowest BCUT2D eigenvalue weighted by Gasteiger charge is -2.15. The van der Waals surface area contributed by atoms with E-state index in [4.69, 9.17) is 14.2 Å². The van der Waals surface area contributed by atoms with Crippen LogP contribution in [0.4, 0.5) is 0 Å². The van der Waals surface area contributed by atoms with Crippen molar-refractivity contribution in [1.29, 1.82) is 0 Å². The smallest absolute Gasteiger partial charge is 0.164 e. The first-order chi connectivity index (χ1) is 9.78. The minimum Gasteiger partial charge on any atom is -0.496 e. The molecule has 1 aromatic rings. The molecular formula is C16H25NO3. The molecule has 2 rings (SSSR count). The Bertz CT molecular complexity index is 428. The Morgan fingerprint density at radius 2 is 1.55 bits per heavy atom. The second-order valence-corrected chi connectivity index (χ2v) is 5.30. The van der Waals surface area contributed by atoms with Gasteiger partial charge >= 0.3 is 0 Å². The highest BCUT2D eigenvalue weighted by Gasteiger charge is 2.15. The number of methoxy groups -OCH3 is 3. The fraction of sp³-hybridized carbons (Fsp3) is 0.625. The lowest BCUT2D eigenvalue weighted by molar-refractivity contribution is 0.346. The minimum atomic E-state index is 0.698. The van der Waals surface area contributed by atoms with Crippen LogP contribution in [0.1, 0.15) is 31.2 Å². The predicted octanol–water partition coefficient (Wildman–Crippen LogP) is 2.99. The number of ether oxygens (including phenoxy) is 3. The van der Waals surface area contributed by atoms with E-state index in [0.29, 0.717) is 5.75 Å². The quantitative estimate of drug-likeness (QED) is 0.833. The van der Waals surface area contributed by atoms with Crippen LogP contribution in [0.3, 0.4) is 0 Å². The van der Waals surface area contributed by atoms with Gasteiger partial charge in [0.1, 0.15) is 5.75 Å². The molecule has 1 fully saturated rings. The fourth-order valence-electron chi connectivity index (χ4n) is 2.86. The highest BCUT2D eigenvalue weighted by atomic mass is 16.5. The van der Waals surface area contributed by atoms with Crippen LogP contribution in [0.15, 0.2) is 12.1 Å². The van der Waals surface area contributed by atoms with Crippen molar-refractivity contribution in [3.05, 3.63) is 17.7 Å². The predicted molar refractivity (Wildman–Crippen MR) is 79.8 cm³/mol. The van der Waals surface area contributed by atoms with Gasteiger partial charge in [-0.15, -0.1) is 0 Å². The summed E-state index contributed by atoms with van der Waals surface area (Å²) < 4.78 is 16.1. The summed E-state index contributed by atoms with van der Waals surface area (Å²) in [7, 11) is 4.97. The van der Waals surface area contributed by atoms with Crippen LogP contribution in [0.25, 0.3) is 0 Å². The van der Waals surface area contributed by atoms with Crippen LogP contribution in [0.2, 0.25) is 0 Å². The monoisotopic (exact) mass is 279 g/mol. The average Bonchev–Trinajstić information content (AvgIpc) is 2.99. The third-order valence-corrected chi connectivity index (χ3v) is 4.01. The van der Waals surface area contributed by atoms with E-state index in [2.05, 4.69) is 5.32 Å². The van der Waals surface area contributed by atoms with E-state index < -0.39 is 0 Å². The van der Waals surface area contributed by atoms with Crippen molar-refractivity contribution in [2.75, 3.05) is 27.9 Å². The Hall–Kier alpha value is -1.42. The SMILES string of the molecule is COc1cc(OC)c(OC)cc1CNCC1CCCC1. The average molecular weight is 279 g/mol. The number of benzene rings is 1. The molecule has 0 aromatic heterocycles. The van der Waals surface area contributed by atoms with Crippen molar-refractivity contribution in [1.82, 2.24) is 5.32 Å². The molecule has 0 radical (unpaired) electrons. The first-order valence-corrected chi connectivity index (χ1v) is 7.28. The molecule has 0 bridgehead atoms. The van der Waals surface area contributed by atoms with Gasteiger partial charge in [-0.3, -0.25) is 0 Å². The molecular weight excluding hydrogens is 254 g/mol. The van der Waals surface area contributed by atoms with Gasteiger partial charge in [-0.05, 0) is 31.4 Å². The molecule has 1 aliphatic rings. The zero-order chi connectivity index (χ0) is 14.4. The summed E-state index contributed by atoms with van der Waals surface area (Å²) in [5.41, 5.74) is 1.10. The Labute approximate surface area is 121 Å². The normalized spacial score (nSPS) is 15.3. The summed E-state index contributed by atoms with van der Waals surface area (Å²) in [4.78, 5) is 0. The topological polar surface area (TPSA) is 39.7 Å². The summed E-state index contributed by atoms with van der Waals surface area (Å²) in [5, 5.41) is 3.53. The molecule has 0 atom stereocenters. The Kier molecular flexibility index (Phi) is 5.53. The Morgan fingerprint density at radius 3 is 2.15 bits per heavy atom. The number of hydrogen-bond acceptors (Lipinski definition) is 4. The van der Waals surface area contributed by atoms with Crippen molar-refractivity contribution in [3.63, 3.8) is 0 Å². The maximum atomic E-state index is 5.43. The standard InChI is InChI=1S/C16H25NO3/c1-18-14-9-16(20-3)15(19-2)8-13(14)11-17-10-12-6-4-5-7-12/h8-9,12,17H,4-7,10-11H2,1-3H3. The fourth-order valence-corrected chi connectivity index (χ4v) is 2.86. The van der Waals surface area contributed by atoms with Crippen molar-refractivity contribution in [3.8, 4) is 17.2 Å². The molecule has 112 valence electrons. The lowest BCUT2D eigenvalue weighted by Crippen LogP contribution is -2.21. The molecule has 0 unspecified atom stereocenters. The van der Waals surface area contributed by atoms with Crippen LogP contribution in [0.5, 0.6) is 17.2 Å². The van der Waals surface area contributed by atoms with Gasteiger partial charge in [-0.25, -0.2) is 0 Å². The van der Waals surface area contributed by atoms with Crippen LogP contribution in [-0.2, 0) is 6.54 Å². The van der Waals surface area contributed by atoms with E-state index in [-0.39, 0.29) is 0 Å². The largest absolute Gasteiger partial charge is 0.496 e. The molecule has 1 N–H and O–H groups in total. The van der Waals surface area contributed by atoms with Gasteiger partial charge in [0.2, 0.25) is 0 Å². The van der Waals surface area contributed by atoms with Crippen LogP contribution < -0.4 is 19.5 Å². The molecule has 0 heterocycles. The molecule has 0 aliphatic heterocycles. The van der Waals surface area contributed by atoms with E-state index in [1.54, 1.807) is 21.3 Å². The van der Waals surface area contributed by atoms with Gasteiger partial charge in [0.25, 0.3) is 0 Å². The van der Waals surface area contributed by atoms with Gasteiger partial charge in [0, 0.05) is 18.2 Å². The van der Waals surface area contributed by atoms with E-state index in [0.717, 1.165) is 36.1 Å². The zero-order valence-electron chi connectivity index (χ0n) is 12.7.